The molecule has 0 heteroatoms. The van der Waals surface area contributed by atoms with E-state index in [2.05, 4.69) is 39.0 Å². The van der Waals surface area contributed by atoms with Crippen LogP contribution in [0.15, 0.2) is 23.8 Å². The van der Waals surface area contributed by atoms with Gasteiger partial charge in [0.2, 0.25) is 0 Å². The van der Waals surface area contributed by atoms with Crippen LogP contribution in [0.3, 0.4) is 0 Å². The van der Waals surface area contributed by atoms with Gasteiger partial charge in [0.15, 0.2) is 0 Å². The predicted molar refractivity (Wildman–Crippen MR) is 64.4 cm³/mol. The first-order chi connectivity index (χ1) is 6.64. The lowest BCUT2D eigenvalue weighted by molar-refractivity contribution is 0.305. The average molecular weight is 192 g/mol. The zero-order valence-corrected chi connectivity index (χ0v) is 9.97. The van der Waals surface area contributed by atoms with Crippen LogP contribution in [0.25, 0.3) is 0 Å². The molecule has 0 radical (unpaired) electrons. The van der Waals surface area contributed by atoms with Crippen molar-refractivity contribution in [1.82, 2.24) is 0 Å². The van der Waals surface area contributed by atoms with Gasteiger partial charge in [0.25, 0.3) is 0 Å². The van der Waals surface area contributed by atoms with Crippen LogP contribution in [-0.2, 0) is 0 Å². The molecular formula is C14H24. The minimum Gasteiger partial charge on any atom is -0.0840 e. The normalized spacial score (nSPS) is 16.9. The van der Waals surface area contributed by atoms with Crippen LogP contribution >= 0.6 is 0 Å². The molecule has 1 rings (SSSR count). The summed E-state index contributed by atoms with van der Waals surface area (Å²) in [7, 11) is 0. The Balaban J connectivity index is 2.32. The summed E-state index contributed by atoms with van der Waals surface area (Å²) in [5.74, 6) is 0. The standard InChI is InChI=1S/C14H24/c1-4-11-14(2,3)12-10-13-8-6-5-7-9-13/h6,8-9H,4-5,7,10-12H2,1-3H3. The highest BCUT2D eigenvalue weighted by Crippen LogP contribution is 2.30. The average Bonchev–Trinajstić information content (AvgIpc) is 2.17. The van der Waals surface area contributed by atoms with Gasteiger partial charge in [0, 0.05) is 0 Å². The van der Waals surface area contributed by atoms with Crippen molar-refractivity contribution in [3.8, 4) is 0 Å². The minimum atomic E-state index is 0.529. The molecule has 0 aromatic carbocycles. The molecule has 0 bridgehead atoms. The van der Waals surface area contributed by atoms with Crippen LogP contribution in [0.2, 0.25) is 0 Å². The van der Waals surface area contributed by atoms with E-state index in [-0.39, 0.29) is 0 Å². The predicted octanol–water partition coefficient (Wildman–Crippen LogP) is 4.87. The van der Waals surface area contributed by atoms with Gasteiger partial charge in [0.05, 0.1) is 0 Å². The molecule has 0 heterocycles. The summed E-state index contributed by atoms with van der Waals surface area (Å²) in [5, 5.41) is 0. The molecule has 0 nitrogen and oxygen atoms in total. The third-order valence-corrected chi connectivity index (χ3v) is 3.09. The quantitative estimate of drug-likeness (QED) is 0.583. The van der Waals surface area contributed by atoms with Crippen LogP contribution in [-0.4, -0.2) is 0 Å². The van der Waals surface area contributed by atoms with E-state index >= 15 is 0 Å². The number of hydrogen-bond acceptors (Lipinski definition) is 0. The van der Waals surface area contributed by atoms with Crippen molar-refractivity contribution in [1.29, 1.82) is 0 Å². The van der Waals surface area contributed by atoms with E-state index in [9.17, 15) is 0 Å². The first-order valence-electron chi connectivity index (χ1n) is 5.99. The summed E-state index contributed by atoms with van der Waals surface area (Å²) in [6.07, 6.45) is 14.8. The third kappa shape index (κ3) is 4.13. The monoisotopic (exact) mass is 192 g/mol. The highest BCUT2D eigenvalue weighted by Gasteiger charge is 2.16. The summed E-state index contributed by atoms with van der Waals surface area (Å²) in [6, 6.07) is 0. The Kier molecular flexibility index (Phi) is 4.44. The van der Waals surface area contributed by atoms with Gasteiger partial charge in [-0.15, -0.1) is 0 Å². The fraction of sp³-hybridized carbons (Fsp3) is 0.714. The molecule has 0 aliphatic heterocycles. The second-order valence-electron chi connectivity index (χ2n) is 5.17. The van der Waals surface area contributed by atoms with Crippen LogP contribution in [0.4, 0.5) is 0 Å². The lowest BCUT2D eigenvalue weighted by atomic mass is 9.82. The Morgan fingerprint density at radius 3 is 2.57 bits per heavy atom. The van der Waals surface area contributed by atoms with Gasteiger partial charge < -0.3 is 0 Å². The maximum Gasteiger partial charge on any atom is -0.0277 e. The molecule has 0 fully saturated rings. The Morgan fingerprint density at radius 1 is 1.21 bits per heavy atom. The van der Waals surface area contributed by atoms with Crippen LogP contribution < -0.4 is 0 Å². The second-order valence-corrected chi connectivity index (χ2v) is 5.17. The third-order valence-electron chi connectivity index (χ3n) is 3.09. The van der Waals surface area contributed by atoms with Gasteiger partial charge >= 0.3 is 0 Å². The molecule has 0 N–H and O–H groups in total. The highest BCUT2D eigenvalue weighted by molar-refractivity contribution is 5.22. The topological polar surface area (TPSA) is 0 Å². The maximum absolute atomic E-state index is 2.40. The first-order valence-corrected chi connectivity index (χ1v) is 5.99. The molecule has 0 aromatic rings. The number of allylic oxidation sites excluding steroid dienone is 4. The molecule has 14 heavy (non-hydrogen) atoms. The van der Waals surface area contributed by atoms with E-state index < -0.39 is 0 Å². The van der Waals surface area contributed by atoms with Gasteiger partial charge in [-0.1, -0.05) is 51.0 Å². The van der Waals surface area contributed by atoms with Crippen molar-refractivity contribution in [2.24, 2.45) is 5.41 Å². The van der Waals surface area contributed by atoms with Crippen molar-refractivity contribution in [2.45, 2.75) is 59.3 Å². The van der Waals surface area contributed by atoms with Gasteiger partial charge in [-0.2, -0.15) is 0 Å². The molecule has 80 valence electrons. The Hall–Kier alpha value is -0.520. The number of rotatable bonds is 5. The summed E-state index contributed by atoms with van der Waals surface area (Å²) < 4.78 is 0. The lowest BCUT2D eigenvalue weighted by Gasteiger charge is -2.24. The molecular weight excluding hydrogens is 168 g/mol. The fourth-order valence-electron chi connectivity index (χ4n) is 2.14. The SMILES string of the molecule is CCCC(C)(C)CCC1=CCCC=C1. The van der Waals surface area contributed by atoms with Crippen LogP contribution in [0.1, 0.15) is 59.3 Å². The summed E-state index contributed by atoms with van der Waals surface area (Å²) in [6.45, 7) is 7.06. The molecule has 0 saturated heterocycles. The Labute approximate surface area is 89.1 Å². The summed E-state index contributed by atoms with van der Waals surface area (Å²) in [5.41, 5.74) is 2.08. The number of hydrogen-bond donors (Lipinski definition) is 0. The van der Waals surface area contributed by atoms with Gasteiger partial charge in [-0.05, 0) is 37.5 Å². The van der Waals surface area contributed by atoms with Crippen LogP contribution in [0.5, 0.6) is 0 Å². The van der Waals surface area contributed by atoms with E-state index in [0.29, 0.717) is 5.41 Å². The molecule has 0 spiro atoms. The van der Waals surface area contributed by atoms with Crippen LogP contribution in [0, 0.1) is 5.41 Å². The Morgan fingerprint density at radius 2 is 2.00 bits per heavy atom. The van der Waals surface area contributed by atoms with E-state index in [1.54, 1.807) is 5.57 Å². The van der Waals surface area contributed by atoms with E-state index in [1.807, 2.05) is 0 Å². The molecule has 0 atom stereocenters. The van der Waals surface area contributed by atoms with Crippen molar-refractivity contribution in [3.05, 3.63) is 23.8 Å². The largest absolute Gasteiger partial charge is 0.0840 e. The van der Waals surface area contributed by atoms with Crippen molar-refractivity contribution >= 4 is 0 Å². The zero-order chi connectivity index (χ0) is 10.4. The summed E-state index contributed by atoms with van der Waals surface area (Å²) in [4.78, 5) is 0. The molecule has 1 aliphatic carbocycles. The van der Waals surface area contributed by atoms with Gasteiger partial charge in [0.1, 0.15) is 0 Å². The van der Waals surface area contributed by atoms with E-state index in [4.69, 9.17) is 0 Å². The van der Waals surface area contributed by atoms with Gasteiger partial charge in [-0.25, -0.2) is 0 Å². The van der Waals surface area contributed by atoms with Crippen molar-refractivity contribution in [3.63, 3.8) is 0 Å². The van der Waals surface area contributed by atoms with Crippen molar-refractivity contribution < 1.29 is 0 Å². The Bertz CT molecular complexity index is 218. The summed E-state index contributed by atoms with van der Waals surface area (Å²) >= 11 is 0. The smallest absolute Gasteiger partial charge is 0.0277 e. The zero-order valence-electron chi connectivity index (χ0n) is 9.97. The van der Waals surface area contributed by atoms with Gasteiger partial charge in [-0.3, -0.25) is 0 Å². The highest BCUT2D eigenvalue weighted by atomic mass is 14.2. The molecule has 0 amide bonds. The maximum atomic E-state index is 2.40. The minimum absolute atomic E-state index is 0.529. The first kappa shape index (κ1) is 11.6. The molecule has 0 saturated carbocycles. The molecule has 0 aromatic heterocycles. The molecule has 1 aliphatic rings. The fourth-order valence-corrected chi connectivity index (χ4v) is 2.14. The lowest BCUT2D eigenvalue weighted by Crippen LogP contribution is -2.10. The molecule has 0 unspecified atom stereocenters. The van der Waals surface area contributed by atoms with E-state index in [1.165, 1.54) is 38.5 Å². The van der Waals surface area contributed by atoms with E-state index in [0.717, 1.165) is 0 Å². The van der Waals surface area contributed by atoms with Crippen molar-refractivity contribution in [2.75, 3.05) is 0 Å². The second kappa shape index (κ2) is 5.38.